The number of carboxylic acids is 1. The van der Waals surface area contributed by atoms with E-state index in [1.807, 2.05) is 0 Å². The van der Waals surface area contributed by atoms with E-state index in [2.05, 4.69) is 10.6 Å². The lowest BCUT2D eigenvalue weighted by Crippen LogP contribution is -2.49. The molecule has 0 radical (unpaired) electrons. The second-order valence-electron chi connectivity index (χ2n) is 6.21. The van der Waals surface area contributed by atoms with Crippen LogP contribution in [0.4, 0.5) is 4.79 Å². The molecule has 0 aromatic carbocycles. The number of nitrogens with one attached hydrogen (secondary N) is 2. The first-order chi connectivity index (χ1) is 10.1. The summed E-state index contributed by atoms with van der Waals surface area (Å²) in [6.07, 6.45) is 6.96. The molecule has 2 aliphatic rings. The number of aliphatic carboxylic acids is 1. The van der Waals surface area contributed by atoms with Gasteiger partial charge in [0.15, 0.2) is 0 Å². The van der Waals surface area contributed by atoms with Crippen molar-refractivity contribution >= 4 is 12.0 Å². The van der Waals surface area contributed by atoms with Crippen molar-refractivity contribution in [1.82, 2.24) is 10.6 Å². The van der Waals surface area contributed by atoms with E-state index in [1.54, 1.807) is 0 Å². The minimum Gasteiger partial charge on any atom is -0.481 e. The van der Waals surface area contributed by atoms with Crippen LogP contribution in [-0.4, -0.2) is 42.9 Å². The normalized spacial score (nSPS) is 23.0. The van der Waals surface area contributed by atoms with Crippen LogP contribution in [0.15, 0.2) is 0 Å². The third-order valence-electron chi connectivity index (χ3n) is 4.66. The van der Waals surface area contributed by atoms with Crippen molar-refractivity contribution in [1.29, 1.82) is 0 Å². The number of carbonyl (C=O) groups is 2. The quantitative estimate of drug-likeness (QED) is 0.692. The number of amides is 2. The van der Waals surface area contributed by atoms with Crippen LogP contribution in [0.25, 0.3) is 0 Å². The lowest BCUT2D eigenvalue weighted by atomic mass is 9.80. The smallest absolute Gasteiger partial charge is 0.315 e. The van der Waals surface area contributed by atoms with Gasteiger partial charge in [-0.05, 0) is 25.7 Å². The number of urea groups is 1. The highest BCUT2D eigenvalue weighted by Gasteiger charge is 2.39. The van der Waals surface area contributed by atoms with Crippen molar-refractivity contribution in [3.8, 4) is 0 Å². The summed E-state index contributed by atoms with van der Waals surface area (Å²) in [5.41, 5.74) is -0.788. The average Bonchev–Trinajstić information content (AvgIpc) is 2.73. The number of hydrogen-bond donors (Lipinski definition) is 3. The van der Waals surface area contributed by atoms with Gasteiger partial charge >= 0.3 is 12.0 Å². The highest BCUT2D eigenvalue weighted by Crippen LogP contribution is 2.34. The van der Waals surface area contributed by atoms with Crippen LogP contribution in [0, 0.1) is 5.41 Å². The molecule has 6 heteroatoms. The predicted octanol–water partition coefficient (Wildman–Crippen LogP) is 1.89. The van der Waals surface area contributed by atoms with E-state index in [4.69, 9.17) is 4.74 Å². The van der Waals surface area contributed by atoms with Gasteiger partial charge in [0.05, 0.1) is 5.41 Å². The summed E-state index contributed by atoms with van der Waals surface area (Å²) in [6.45, 7) is 1.56. The molecule has 1 aliphatic heterocycles. The first-order valence-electron chi connectivity index (χ1n) is 7.98. The van der Waals surface area contributed by atoms with Crippen molar-refractivity contribution < 1.29 is 19.4 Å². The Morgan fingerprint density at radius 3 is 2.29 bits per heavy atom. The molecule has 0 aromatic rings. The standard InChI is InChI=1S/C15H26N2O4/c18-13(19)15(7-3-1-2-4-8-15)11-16-14(20)17-12-5-9-21-10-6-12/h12H,1-11H2,(H,18,19)(H2,16,17,20). The fourth-order valence-corrected chi connectivity index (χ4v) is 3.20. The monoisotopic (exact) mass is 298 g/mol. The minimum atomic E-state index is -0.788. The van der Waals surface area contributed by atoms with Gasteiger partial charge in [-0.1, -0.05) is 25.7 Å². The highest BCUT2D eigenvalue weighted by atomic mass is 16.5. The first-order valence-corrected chi connectivity index (χ1v) is 7.98. The number of rotatable bonds is 4. The molecule has 1 aliphatic carbocycles. The highest BCUT2D eigenvalue weighted by molar-refractivity contribution is 5.78. The lowest BCUT2D eigenvalue weighted by molar-refractivity contribution is -0.149. The van der Waals surface area contributed by atoms with Gasteiger partial charge in [-0.2, -0.15) is 0 Å². The van der Waals surface area contributed by atoms with Gasteiger partial charge in [-0.15, -0.1) is 0 Å². The van der Waals surface area contributed by atoms with Crippen molar-refractivity contribution in [3.05, 3.63) is 0 Å². The van der Waals surface area contributed by atoms with Gasteiger partial charge in [0, 0.05) is 25.8 Å². The van der Waals surface area contributed by atoms with Crippen molar-refractivity contribution in [3.63, 3.8) is 0 Å². The molecule has 3 N–H and O–H groups in total. The molecule has 0 spiro atoms. The summed E-state index contributed by atoms with van der Waals surface area (Å²) in [5, 5.41) is 15.2. The zero-order valence-electron chi connectivity index (χ0n) is 12.5. The van der Waals surface area contributed by atoms with E-state index in [-0.39, 0.29) is 18.6 Å². The maximum atomic E-state index is 11.9. The molecule has 0 atom stereocenters. The summed E-state index contributed by atoms with van der Waals surface area (Å²) in [6, 6.07) is -0.125. The predicted molar refractivity (Wildman–Crippen MR) is 78.1 cm³/mol. The van der Waals surface area contributed by atoms with Crippen LogP contribution in [-0.2, 0) is 9.53 Å². The summed E-state index contributed by atoms with van der Waals surface area (Å²) in [4.78, 5) is 23.6. The number of ether oxygens (including phenoxy) is 1. The number of hydrogen-bond acceptors (Lipinski definition) is 3. The van der Waals surface area contributed by atoms with Crippen LogP contribution in [0.1, 0.15) is 51.4 Å². The van der Waals surface area contributed by atoms with E-state index in [0.29, 0.717) is 26.1 Å². The molecular formula is C15H26N2O4. The maximum absolute atomic E-state index is 11.9. The molecule has 1 heterocycles. The number of carbonyl (C=O) groups excluding carboxylic acids is 1. The summed E-state index contributed by atoms with van der Waals surface area (Å²) in [5.74, 6) is -0.782. The van der Waals surface area contributed by atoms with Crippen LogP contribution in [0.3, 0.4) is 0 Å². The van der Waals surface area contributed by atoms with E-state index in [1.165, 1.54) is 0 Å². The SMILES string of the molecule is O=C(NCC1(C(=O)O)CCCCCC1)NC1CCOCC1. The van der Waals surface area contributed by atoms with Gasteiger partial charge in [0.25, 0.3) is 0 Å². The van der Waals surface area contributed by atoms with Crippen LogP contribution in [0.5, 0.6) is 0 Å². The Morgan fingerprint density at radius 1 is 1.10 bits per heavy atom. The maximum Gasteiger partial charge on any atom is 0.315 e. The van der Waals surface area contributed by atoms with Gasteiger partial charge in [-0.3, -0.25) is 4.79 Å². The van der Waals surface area contributed by atoms with Crippen molar-refractivity contribution in [2.45, 2.75) is 57.4 Å². The van der Waals surface area contributed by atoms with Crippen LogP contribution >= 0.6 is 0 Å². The average molecular weight is 298 g/mol. The van der Waals surface area contributed by atoms with Crippen LogP contribution in [0.2, 0.25) is 0 Å². The summed E-state index contributed by atoms with van der Waals surface area (Å²) in [7, 11) is 0. The molecule has 6 nitrogen and oxygen atoms in total. The topological polar surface area (TPSA) is 87.7 Å². The largest absolute Gasteiger partial charge is 0.481 e. The van der Waals surface area contributed by atoms with Crippen LogP contribution < -0.4 is 10.6 Å². The molecule has 0 unspecified atom stereocenters. The number of carboxylic acid groups (broad SMARTS) is 1. The molecule has 2 rings (SSSR count). The minimum absolute atomic E-state index is 0.133. The molecule has 1 saturated carbocycles. The molecule has 120 valence electrons. The Morgan fingerprint density at radius 2 is 1.71 bits per heavy atom. The Balaban J connectivity index is 1.83. The molecule has 1 saturated heterocycles. The molecule has 2 fully saturated rings. The molecule has 0 aromatic heterocycles. The third kappa shape index (κ3) is 4.59. The van der Waals surface area contributed by atoms with Crippen molar-refractivity contribution in [2.75, 3.05) is 19.8 Å². The molecule has 21 heavy (non-hydrogen) atoms. The Labute approximate surface area is 125 Å². The van der Waals surface area contributed by atoms with Gasteiger partial charge < -0.3 is 20.5 Å². The van der Waals surface area contributed by atoms with E-state index in [0.717, 1.165) is 38.5 Å². The Kier molecular flexibility index (Phi) is 5.85. The van der Waals surface area contributed by atoms with Gasteiger partial charge in [0.1, 0.15) is 0 Å². The van der Waals surface area contributed by atoms with E-state index < -0.39 is 11.4 Å². The van der Waals surface area contributed by atoms with Gasteiger partial charge in [0.2, 0.25) is 0 Å². The van der Waals surface area contributed by atoms with E-state index in [9.17, 15) is 14.7 Å². The van der Waals surface area contributed by atoms with E-state index >= 15 is 0 Å². The summed E-state index contributed by atoms with van der Waals surface area (Å²) < 4.78 is 5.25. The lowest BCUT2D eigenvalue weighted by Gasteiger charge is -2.29. The fourth-order valence-electron chi connectivity index (χ4n) is 3.20. The Bertz CT molecular complexity index is 359. The first kappa shape index (κ1) is 16.1. The molecule has 2 amide bonds. The molecule has 0 bridgehead atoms. The summed E-state index contributed by atoms with van der Waals surface area (Å²) >= 11 is 0. The zero-order chi connectivity index (χ0) is 15.1. The second-order valence-corrected chi connectivity index (χ2v) is 6.21. The Hall–Kier alpha value is -1.30. The van der Waals surface area contributed by atoms with Crippen molar-refractivity contribution in [2.24, 2.45) is 5.41 Å². The second kappa shape index (κ2) is 7.64. The zero-order valence-corrected chi connectivity index (χ0v) is 12.5. The molecular weight excluding hydrogens is 272 g/mol. The van der Waals surface area contributed by atoms with Gasteiger partial charge in [-0.25, -0.2) is 4.79 Å². The fraction of sp³-hybridized carbons (Fsp3) is 0.867. The third-order valence-corrected chi connectivity index (χ3v) is 4.66.